The van der Waals surface area contributed by atoms with Crippen molar-refractivity contribution in [1.82, 2.24) is 0 Å². The van der Waals surface area contributed by atoms with E-state index in [9.17, 15) is 21.6 Å². The molecule has 14 heteroatoms. The normalized spacial score (nSPS) is 16.8. The van der Waals surface area contributed by atoms with E-state index in [1.54, 1.807) is 0 Å². The van der Waals surface area contributed by atoms with Gasteiger partial charge in [0, 0.05) is 0 Å². The molecule has 0 radical (unpaired) electrons. The standard InChI is InChI=1S/4C9H18N.2C8H16O4.Li.Mn/c4*1-8(2,3)7(10)9(4,5)6;2*1-2-10-5-6-12-8-7-11-4-3-9-1;;/h4*1-6H3;2*1-8H2;;/q4*-1;;;+1;+3. The van der Waals surface area contributed by atoms with E-state index in [0.29, 0.717) is 129 Å². The molecule has 0 unspecified atom stereocenters. The maximum Gasteiger partial charge on any atom is 3.00 e. The van der Waals surface area contributed by atoms with Crippen molar-refractivity contribution in [2.24, 2.45) is 43.3 Å². The van der Waals surface area contributed by atoms with Crippen LogP contribution in [0.25, 0.3) is 21.6 Å². The van der Waals surface area contributed by atoms with Gasteiger partial charge in [-0.1, -0.05) is 166 Å². The van der Waals surface area contributed by atoms with Crippen molar-refractivity contribution >= 4 is 22.8 Å². The molecule has 0 aromatic carbocycles. The Bertz CT molecular complexity index is 925. The van der Waals surface area contributed by atoms with E-state index in [0.717, 1.165) is 0 Å². The molecule has 12 nitrogen and oxygen atoms in total. The van der Waals surface area contributed by atoms with Crippen LogP contribution in [-0.2, 0) is 55.0 Å². The molecule has 0 aliphatic carbocycles. The van der Waals surface area contributed by atoms with Crippen molar-refractivity contribution in [2.75, 3.05) is 106 Å². The van der Waals surface area contributed by atoms with E-state index in [4.69, 9.17) is 37.9 Å². The van der Waals surface area contributed by atoms with Crippen LogP contribution in [-0.4, -0.2) is 129 Å². The first kappa shape index (κ1) is 76.9. The molecule has 0 atom stereocenters. The second kappa shape index (κ2) is 37.3. The molecule has 2 heterocycles. The van der Waals surface area contributed by atoms with Crippen molar-refractivity contribution in [3.8, 4) is 0 Å². The molecule has 0 saturated carbocycles. The average molecular weight is 975 g/mol. The fraction of sp³-hybridized carbons (Fsp3) is 0.923. The molecule has 388 valence electrons. The summed E-state index contributed by atoms with van der Waals surface area (Å²) in [7, 11) is 0. The van der Waals surface area contributed by atoms with Gasteiger partial charge < -0.3 is 59.5 Å². The Morgan fingerprint density at radius 2 is 0.273 bits per heavy atom. The van der Waals surface area contributed by atoms with Gasteiger partial charge in [0.1, 0.15) is 0 Å². The van der Waals surface area contributed by atoms with E-state index >= 15 is 0 Å². The molecule has 2 saturated heterocycles. The third kappa shape index (κ3) is 48.5. The van der Waals surface area contributed by atoms with Crippen LogP contribution in [0.1, 0.15) is 166 Å². The third-order valence-corrected chi connectivity index (χ3v) is 8.66. The third-order valence-electron chi connectivity index (χ3n) is 8.66. The molecule has 2 rings (SSSR count). The van der Waals surface area contributed by atoms with Gasteiger partial charge in [-0.25, -0.2) is 0 Å². The molecular weight excluding hydrogens is 870 g/mol. The van der Waals surface area contributed by atoms with Crippen molar-refractivity contribution < 1.29 is 73.8 Å². The van der Waals surface area contributed by atoms with Gasteiger partial charge in [0.25, 0.3) is 0 Å². The zero-order valence-electron chi connectivity index (χ0n) is 47.7. The number of nitrogens with zero attached hydrogens (tertiary/aromatic N) is 4. The summed E-state index contributed by atoms with van der Waals surface area (Å²) in [6.45, 7) is 58.8. The van der Waals surface area contributed by atoms with Crippen LogP contribution in [0.15, 0.2) is 0 Å². The Morgan fingerprint density at radius 1 is 0.212 bits per heavy atom. The van der Waals surface area contributed by atoms with Crippen LogP contribution < -0.4 is 18.9 Å². The summed E-state index contributed by atoms with van der Waals surface area (Å²) in [6.07, 6.45) is 0. The summed E-state index contributed by atoms with van der Waals surface area (Å²) in [5.41, 5.74) is 1.60. The van der Waals surface area contributed by atoms with Gasteiger partial charge >= 0.3 is 35.9 Å². The predicted octanol–water partition coefficient (Wildman–Crippen LogP) is 9.49. The SMILES string of the molecule is C1COCCOCCOCCO1.C1COCCOCCOCCO1.CC(C)(C)C(=[N-])C(C)(C)C.CC(C)(C)C(=[N-])C(C)(C)C.CC(C)(C)C(=[N-])C(C)(C)C.CC(C)(C)C(=[N-])C(C)(C)C.[Li+].[Mn+3]. The van der Waals surface area contributed by atoms with Crippen LogP contribution in [0.3, 0.4) is 0 Å². The molecule has 0 amide bonds. The van der Waals surface area contributed by atoms with E-state index in [-0.39, 0.29) is 79.2 Å². The topological polar surface area (TPSA) is 163 Å². The molecule has 0 N–H and O–H groups in total. The largest absolute Gasteiger partial charge is 3.00 e. The van der Waals surface area contributed by atoms with Crippen LogP contribution in [0, 0.1) is 43.3 Å². The summed E-state index contributed by atoms with van der Waals surface area (Å²) in [5.74, 6) is 0. The Balaban J connectivity index is -0.000000163. The molecule has 66 heavy (non-hydrogen) atoms. The first-order valence-electron chi connectivity index (χ1n) is 23.5. The Labute approximate surface area is 431 Å². The maximum absolute atomic E-state index is 9.64. The summed E-state index contributed by atoms with van der Waals surface area (Å²) in [4.78, 5) is 0. The Hall–Kier alpha value is -0.523. The van der Waals surface area contributed by atoms with Crippen molar-refractivity contribution in [3.63, 3.8) is 0 Å². The van der Waals surface area contributed by atoms with Gasteiger partial charge in [-0.15, -0.1) is 0 Å². The molecule has 2 fully saturated rings. The quantitative estimate of drug-likeness (QED) is 0.171. The molecule has 0 aromatic heterocycles. The Morgan fingerprint density at radius 3 is 0.303 bits per heavy atom. The first-order chi connectivity index (χ1) is 28.6. The molecule has 0 aromatic rings. The van der Waals surface area contributed by atoms with E-state index < -0.39 is 0 Å². The fourth-order valence-electron chi connectivity index (χ4n) is 6.26. The van der Waals surface area contributed by atoms with E-state index in [2.05, 4.69) is 0 Å². The van der Waals surface area contributed by atoms with Gasteiger partial charge in [0.15, 0.2) is 0 Å². The molecular formula is C52H104LiMnN4O8. The van der Waals surface area contributed by atoms with Gasteiger partial charge in [-0.2, -0.15) is 22.8 Å². The molecule has 0 spiro atoms. The zero-order valence-corrected chi connectivity index (χ0v) is 48.9. The second-order valence-electron chi connectivity index (χ2n) is 24.3. The van der Waals surface area contributed by atoms with Crippen LogP contribution in [0.5, 0.6) is 0 Å². The minimum absolute atomic E-state index is 0. The monoisotopic (exact) mass is 975 g/mol. The summed E-state index contributed by atoms with van der Waals surface area (Å²) in [5, 5.41) is 38.6. The molecule has 0 bridgehead atoms. The minimum Gasteiger partial charge on any atom is -0.810 e. The zero-order chi connectivity index (χ0) is 51.3. The summed E-state index contributed by atoms with van der Waals surface area (Å²) >= 11 is 0. The van der Waals surface area contributed by atoms with Gasteiger partial charge in [0.2, 0.25) is 0 Å². The smallest absolute Gasteiger partial charge is 0.810 e. The second-order valence-corrected chi connectivity index (χ2v) is 24.3. The van der Waals surface area contributed by atoms with Crippen molar-refractivity contribution in [1.29, 1.82) is 0 Å². The average Bonchev–Trinajstić information content (AvgIpc) is 3.09. The van der Waals surface area contributed by atoms with Gasteiger partial charge in [-0.3, -0.25) is 0 Å². The summed E-state index contributed by atoms with van der Waals surface area (Å²) in [6, 6.07) is 0. The number of hydrogen-bond donors (Lipinski definition) is 0. The van der Waals surface area contributed by atoms with Crippen molar-refractivity contribution in [2.45, 2.75) is 166 Å². The number of hydrogen-bond acceptors (Lipinski definition) is 8. The number of rotatable bonds is 0. The van der Waals surface area contributed by atoms with Crippen molar-refractivity contribution in [3.05, 3.63) is 21.6 Å². The Kier molecular flexibility index (Phi) is 43.5. The van der Waals surface area contributed by atoms with Crippen LogP contribution in [0.4, 0.5) is 0 Å². The minimum atomic E-state index is -0.0851. The maximum atomic E-state index is 9.64. The van der Waals surface area contributed by atoms with E-state index in [1.807, 2.05) is 166 Å². The fourth-order valence-corrected chi connectivity index (χ4v) is 6.26. The number of ether oxygens (including phenoxy) is 8. The summed E-state index contributed by atoms with van der Waals surface area (Å²) < 4.78 is 41.7. The first-order valence-corrected chi connectivity index (χ1v) is 23.5. The van der Waals surface area contributed by atoms with Gasteiger partial charge in [-0.05, 0) is 43.3 Å². The molecule has 2 aliphatic rings. The van der Waals surface area contributed by atoms with Gasteiger partial charge in [0.05, 0.1) is 106 Å². The van der Waals surface area contributed by atoms with Crippen LogP contribution >= 0.6 is 0 Å². The van der Waals surface area contributed by atoms with Crippen LogP contribution in [0.2, 0.25) is 0 Å². The van der Waals surface area contributed by atoms with E-state index in [1.165, 1.54) is 0 Å². The molecule has 2 aliphatic heterocycles. The predicted molar refractivity (Wildman–Crippen MR) is 276 cm³/mol.